The van der Waals surface area contributed by atoms with Crippen molar-refractivity contribution in [3.8, 4) is 0 Å². The molecule has 2 fully saturated rings. The highest BCUT2D eigenvalue weighted by Gasteiger charge is 2.58. The number of carbonyl (C=O) groups excluding carboxylic acids is 1. The molecule has 0 saturated carbocycles. The number of nitrogens with zero attached hydrogens (tertiary/aromatic N) is 1. The van der Waals surface area contributed by atoms with Crippen molar-refractivity contribution in [2.75, 3.05) is 26.2 Å². The van der Waals surface area contributed by atoms with Crippen molar-refractivity contribution >= 4 is 5.91 Å². The third kappa shape index (κ3) is 3.75. The summed E-state index contributed by atoms with van der Waals surface area (Å²) in [6, 6.07) is 13.3. The number of piperidine rings is 1. The molecule has 1 amide bonds. The lowest BCUT2D eigenvalue weighted by Crippen LogP contribution is -2.59. The second-order valence-electron chi connectivity index (χ2n) is 11.3. The number of likely N-dealkylation sites (tertiary alicyclic amines) is 1. The van der Waals surface area contributed by atoms with Crippen LogP contribution in [0.2, 0.25) is 0 Å². The van der Waals surface area contributed by atoms with Crippen LogP contribution in [0.4, 0.5) is 8.78 Å². The topological polar surface area (TPSA) is 52.6 Å². The average molecular weight is 471 g/mol. The van der Waals surface area contributed by atoms with Crippen molar-refractivity contribution in [2.24, 2.45) is 23.2 Å². The molecule has 5 atom stereocenters. The van der Waals surface area contributed by atoms with Crippen LogP contribution in [-0.4, -0.2) is 42.1 Å². The molecule has 2 N–H and O–H groups in total. The molecule has 0 spiro atoms. The Balaban J connectivity index is 1.68. The smallest absolute Gasteiger partial charge is 0.227 e. The largest absolute Gasteiger partial charge is 0.384 e. The van der Waals surface area contributed by atoms with Gasteiger partial charge in [0.1, 0.15) is 11.6 Å². The fourth-order valence-corrected chi connectivity index (χ4v) is 6.51. The second kappa shape index (κ2) is 8.72. The number of halogens is 2. The minimum absolute atomic E-state index is 0.0440. The Hall–Kier alpha value is -2.31. The van der Waals surface area contributed by atoms with Gasteiger partial charge < -0.3 is 15.3 Å². The molecule has 2 saturated heterocycles. The van der Waals surface area contributed by atoms with E-state index in [-0.39, 0.29) is 17.7 Å². The Morgan fingerprint density at radius 1 is 1.06 bits per heavy atom. The molecule has 0 unspecified atom stereocenters. The lowest BCUT2D eigenvalue weighted by molar-refractivity contribution is -0.155. The van der Waals surface area contributed by atoms with Crippen molar-refractivity contribution in [1.29, 1.82) is 0 Å². The maximum Gasteiger partial charge on any atom is 0.227 e. The number of benzene rings is 2. The lowest BCUT2D eigenvalue weighted by atomic mass is 9.57. The Morgan fingerprint density at radius 2 is 1.68 bits per heavy atom. The molecule has 0 bridgehead atoms. The summed E-state index contributed by atoms with van der Waals surface area (Å²) in [6.45, 7) is 11.7. The van der Waals surface area contributed by atoms with E-state index < -0.39 is 34.0 Å². The molecule has 184 valence electrons. The van der Waals surface area contributed by atoms with Crippen molar-refractivity contribution in [3.63, 3.8) is 0 Å². The van der Waals surface area contributed by atoms with Crippen LogP contribution >= 0.6 is 0 Å². The Morgan fingerprint density at radius 3 is 2.24 bits per heavy atom. The van der Waals surface area contributed by atoms with Gasteiger partial charge in [-0.2, -0.15) is 0 Å². The van der Waals surface area contributed by atoms with E-state index in [0.29, 0.717) is 31.7 Å². The highest BCUT2D eigenvalue weighted by atomic mass is 19.1. The Kier molecular flexibility index (Phi) is 6.36. The van der Waals surface area contributed by atoms with Gasteiger partial charge in [-0.25, -0.2) is 8.78 Å². The van der Waals surface area contributed by atoms with Gasteiger partial charge in [-0.15, -0.1) is 0 Å². The van der Waals surface area contributed by atoms with Crippen LogP contribution in [0.25, 0.3) is 0 Å². The average Bonchev–Trinajstić information content (AvgIpc) is 3.23. The first-order chi connectivity index (χ1) is 15.9. The Labute approximate surface area is 201 Å². The van der Waals surface area contributed by atoms with Crippen LogP contribution in [0.5, 0.6) is 0 Å². The second-order valence-corrected chi connectivity index (χ2v) is 11.3. The highest BCUT2D eigenvalue weighted by molar-refractivity contribution is 5.82. The van der Waals surface area contributed by atoms with E-state index in [4.69, 9.17) is 0 Å². The monoisotopic (exact) mass is 470 g/mol. The third-order valence-corrected chi connectivity index (χ3v) is 8.43. The molecule has 4 rings (SSSR count). The Bertz CT molecular complexity index is 1040. The number of nitrogens with one attached hydrogen (secondary N) is 1. The van der Waals surface area contributed by atoms with E-state index in [1.165, 1.54) is 12.1 Å². The minimum atomic E-state index is -1.03. The van der Waals surface area contributed by atoms with Gasteiger partial charge in [0.15, 0.2) is 0 Å². The molecule has 0 aromatic heterocycles. The third-order valence-electron chi connectivity index (χ3n) is 8.43. The maximum absolute atomic E-state index is 15.1. The number of hydrogen-bond donors (Lipinski definition) is 2. The molecule has 2 aliphatic rings. The van der Waals surface area contributed by atoms with Gasteiger partial charge in [0.25, 0.3) is 0 Å². The van der Waals surface area contributed by atoms with Crippen molar-refractivity contribution in [3.05, 3.63) is 71.3 Å². The van der Waals surface area contributed by atoms with Gasteiger partial charge in [-0.05, 0) is 22.6 Å². The molecular weight excluding hydrogens is 434 g/mol. The molecule has 4 nitrogen and oxygen atoms in total. The van der Waals surface area contributed by atoms with Crippen LogP contribution in [0.3, 0.4) is 0 Å². The molecule has 34 heavy (non-hydrogen) atoms. The SMILES string of the molecule is C[C@@H]1CN(C(=O)[C@@H]2CNC[C@@]2(c2ccc(F)cc2F)C(C)(C)C)C[C@H](C)[C@]1(O)c1ccccc1. The molecule has 6 heteroatoms. The summed E-state index contributed by atoms with van der Waals surface area (Å²) >= 11 is 0. The molecular formula is C28H36F2N2O2. The van der Waals surface area contributed by atoms with Gasteiger partial charge in [-0.1, -0.05) is 71.0 Å². The lowest BCUT2D eigenvalue weighted by Gasteiger charge is -2.51. The van der Waals surface area contributed by atoms with E-state index in [2.05, 4.69) is 5.32 Å². The first kappa shape index (κ1) is 24.8. The summed E-state index contributed by atoms with van der Waals surface area (Å²) in [6.07, 6.45) is 0. The fourth-order valence-electron chi connectivity index (χ4n) is 6.51. The summed E-state index contributed by atoms with van der Waals surface area (Å²) in [5.74, 6) is -2.15. The summed E-state index contributed by atoms with van der Waals surface area (Å²) in [4.78, 5) is 15.9. The van der Waals surface area contributed by atoms with E-state index >= 15 is 4.39 Å². The van der Waals surface area contributed by atoms with E-state index in [0.717, 1.165) is 11.6 Å². The van der Waals surface area contributed by atoms with E-state index in [9.17, 15) is 14.3 Å². The van der Waals surface area contributed by atoms with Gasteiger partial charge in [0.2, 0.25) is 5.91 Å². The summed E-state index contributed by atoms with van der Waals surface area (Å²) in [5.41, 5.74) is -1.09. The zero-order chi connectivity index (χ0) is 24.9. The van der Waals surface area contributed by atoms with Crippen molar-refractivity contribution < 1.29 is 18.7 Å². The van der Waals surface area contributed by atoms with E-state index in [1.807, 2.05) is 69.9 Å². The van der Waals surface area contributed by atoms with Crippen LogP contribution < -0.4 is 5.32 Å². The molecule has 0 aliphatic carbocycles. The van der Waals surface area contributed by atoms with Crippen molar-refractivity contribution in [2.45, 2.75) is 45.6 Å². The predicted octanol–water partition coefficient (Wildman–Crippen LogP) is 4.47. The van der Waals surface area contributed by atoms with Gasteiger partial charge >= 0.3 is 0 Å². The highest BCUT2D eigenvalue weighted by Crippen LogP contribution is 2.51. The van der Waals surface area contributed by atoms with Gasteiger partial charge in [0, 0.05) is 49.5 Å². The van der Waals surface area contributed by atoms with Crippen LogP contribution in [-0.2, 0) is 15.8 Å². The summed E-state index contributed by atoms with van der Waals surface area (Å²) in [7, 11) is 0. The summed E-state index contributed by atoms with van der Waals surface area (Å²) in [5, 5.41) is 15.0. The maximum atomic E-state index is 15.1. The first-order valence-electron chi connectivity index (χ1n) is 12.2. The van der Waals surface area contributed by atoms with Gasteiger partial charge in [-0.3, -0.25) is 4.79 Å². The number of hydrogen-bond acceptors (Lipinski definition) is 3. The number of aliphatic hydroxyl groups is 1. The number of rotatable bonds is 3. The number of carbonyl (C=O) groups is 1. The van der Waals surface area contributed by atoms with Crippen LogP contribution in [0.1, 0.15) is 45.7 Å². The molecule has 2 aliphatic heterocycles. The van der Waals surface area contributed by atoms with Crippen LogP contribution in [0.15, 0.2) is 48.5 Å². The van der Waals surface area contributed by atoms with Crippen LogP contribution in [0, 0.1) is 34.8 Å². The summed E-state index contributed by atoms with van der Waals surface area (Å²) < 4.78 is 28.9. The fraction of sp³-hybridized carbons (Fsp3) is 0.536. The van der Waals surface area contributed by atoms with E-state index in [1.54, 1.807) is 0 Å². The first-order valence-corrected chi connectivity index (χ1v) is 12.2. The zero-order valence-corrected chi connectivity index (χ0v) is 20.7. The molecule has 2 heterocycles. The quantitative estimate of drug-likeness (QED) is 0.696. The van der Waals surface area contributed by atoms with Gasteiger partial charge in [0.05, 0.1) is 11.5 Å². The predicted molar refractivity (Wildman–Crippen MR) is 129 cm³/mol. The molecule has 2 aromatic rings. The number of amides is 1. The molecule has 2 aromatic carbocycles. The standard InChI is InChI=1S/C28H36F2N2O2/c1-18-15-32(16-19(2)28(18,34)20-9-7-6-8-10-20)25(33)23-14-31-17-27(23,26(3,4)5)22-12-11-21(29)13-24(22)30/h6-13,18-19,23,31,34H,14-17H2,1-5H3/t18-,19+,23-,27-,28+/m0/s1. The normalized spacial score (nSPS) is 32.1. The van der Waals surface area contributed by atoms with Crippen molar-refractivity contribution in [1.82, 2.24) is 10.2 Å². The zero-order valence-electron chi connectivity index (χ0n) is 20.7. The molecule has 0 radical (unpaired) electrons. The minimum Gasteiger partial charge on any atom is -0.384 e.